The molecule has 32 heavy (non-hydrogen) atoms. The Morgan fingerprint density at radius 3 is 2.31 bits per heavy atom. The van der Waals surface area contributed by atoms with Gasteiger partial charge in [0, 0.05) is 5.56 Å². The van der Waals surface area contributed by atoms with E-state index in [2.05, 4.69) is 0 Å². The maximum Gasteiger partial charge on any atom is 0.340 e. The minimum atomic E-state index is -1.76. The number of methoxy groups -OCH3 is 2. The van der Waals surface area contributed by atoms with Crippen LogP contribution in [0.1, 0.15) is 37.4 Å². The maximum atomic E-state index is 12.9. The van der Waals surface area contributed by atoms with Gasteiger partial charge in [0.2, 0.25) is 11.5 Å². The number of carboxylic acid groups (broad SMARTS) is 1. The van der Waals surface area contributed by atoms with E-state index in [1.54, 1.807) is 24.3 Å². The van der Waals surface area contributed by atoms with E-state index in [1.165, 1.54) is 26.4 Å². The van der Waals surface area contributed by atoms with Gasteiger partial charge in [-0.15, -0.1) is 0 Å². The van der Waals surface area contributed by atoms with E-state index in [9.17, 15) is 24.9 Å². The van der Waals surface area contributed by atoms with E-state index in [4.69, 9.17) is 18.9 Å². The molecule has 162 valence electrons. The van der Waals surface area contributed by atoms with Gasteiger partial charge in [0.05, 0.1) is 36.5 Å². The molecule has 9 heteroatoms. The van der Waals surface area contributed by atoms with Gasteiger partial charge in [-0.1, -0.05) is 18.2 Å². The number of aromatic hydroxyl groups is 2. The molecule has 0 amide bonds. The van der Waals surface area contributed by atoms with Crippen molar-refractivity contribution >= 4 is 11.9 Å². The molecular formula is C23H16O9. The number of aromatic carboxylic acids is 1. The summed E-state index contributed by atoms with van der Waals surface area (Å²) >= 11 is 0. The van der Waals surface area contributed by atoms with Crippen LogP contribution in [0, 0.1) is 0 Å². The van der Waals surface area contributed by atoms with Gasteiger partial charge in [-0.3, -0.25) is 0 Å². The fourth-order valence-electron chi connectivity index (χ4n) is 4.41. The van der Waals surface area contributed by atoms with Crippen LogP contribution >= 0.6 is 0 Å². The fourth-order valence-corrected chi connectivity index (χ4v) is 4.41. The topological polar surface area (TPSA) is 132 Å². The summed E-state index contributed by atoms with van der Waals surface area (Å²) < 4.78 is 22.5. The van der Waals surface area contributed by atoms with Gasteiger partial charge in [0.15, 0.2) is 28.6 Å². The summed E-state index contributed by atoms with van der Waals surface area (Å²) in [5, 5.41) is 30.7. The average molecular weight is 436 g/mol. The molecule has 2 heterocycles. The third-order valence-electron chi connectivity index (χ3n) is 5.65. The summed E-state index contributed by atoms with van der Waals surface area (Å²) in [6.07, 6.45) is 0. The zero-order chi connectivity index (χ0) is 22.8. The predicted octanol–water partition coefficient (Wildman–Crippen LogP) is 3.38. The van der Waals surface area contributed by atoms with Crippen LogP contribution in [0.5, 0.6) is 34.5 Å². The number of carboxylic acids is 1. The number of phenolic OH excluding ortho intramolecular Hbond substituents is 2. The standard InChI is InChI=1S/C23H16O9/c1-29-18-14(24)8-7-13-17(18)31-20-16(11(21(26)27)9-15(25)19(20)30-2)23(13)12-6-4-3-5-10(12)22(28)32-23/h3-9,24-25H,1-2H3,(H,26,27). The van der Waals surface area contributed by atoms with E-state index in [1.807, 2.05) is 0 Å². The van der Waals surface area contributed by atoms with Gasteiger partial charge < -0.3 is 34.3 Å². The first-order valence-electron chi connectivity index (χ1n) is 9.44. The Balaban J connectivity index is 2.02. The Morgan fingerprint density at radius 2 is 1.62 bits per heavy atom. The van der Waals surface area contributed by atoms with Gasteiger partial charge >= 0.3 is 11.9 Å². The predicted molar refractivity (Wildman–Crippen MR) is 108 cm³/mol. The summed E-state index contributed by atoms with van der Waals surface area (Å²) in [4.78, 5) is 25.1. The fraction of sp³-hybridized carbons (Fsp3) is 0.130. The second-order valence-electron chi connectivity index (χ2n) is 7.20. The number of carbonyl (C=O) groups excluding carboxylic acids is 1. The highest BCUT2D eigenvalue weighted by molar-refractivity contribution is 6.00. The number of benzene rings is 3. The normalized spacial score (nSPS) is 17.6. The van der Waals surface area contributed by atoms with Gasteiger partial charge in [-0.05, 0) is 24.3 Å². The van der Waals surface area contributed by atoms with E-state index >= 15 is 0 Å². The molecule has 2 aliphatic rings. The lowest BCUT2D eigenvalue weighted by Gasteiger charge is -2.38. The van der Waals surface area contributed by atoms with Gasteiger partial charge in [-0.25, -0.2) is 9.59 Å². The van der Waals surface area contributed by atoms with E-state index in [0.29, 0.717) is 5.56 Å². The van der Waals surface area contributed by atoms with Crippen molar-refractivity contribution in [1.29, 1.82) is 0 Å². The molecule has 9 nitrogen and oxygen atoms in total. The molecule has 1 spiro atoms. The summed E-state index contributed by atoms with van der Waals surface area (Å²) in [5.41, 5.74) is -1.28. The first kappa shape index (κ1) is 19.6. The van der Waals surface area contributed by atoms with Crippen molar-refractivity contribution in [3.63, 3.8) is 0 Å². The highest BCUT2D eigenvalue weighted by atomic mass is 16.6. The Morgan fingerprint density at radius 1 is 0.938 bits per heavy atom. The van der Waals surface area contributed by atoms with Crippen molar-refractivity contribution in [2.45, 2.75) is 5.60 Å². The lowest BCUT2D eigenvalue weighted by atomic mass is 9.75. The first-order valence-corrected chi connectivity index (χ1v) is 9.44. The first-order chi connectivity index (χ1) is 15.3. The van der Waals surface area contributed by atoms with Crippen LogP contribution in [0.2, 0.25) is 0 Å². The number of ether oxygens (including phenoxy) is 4. The summed E-state index contributed by atoms with van der Waals surface area (Å²) in [7, 11) is 2.59. The summed E-state index contributed by atoms with van der Waals surface area (Å²) in [6.45, 7) is 0. The lowest BCUT2D eigenvalue weighted by molar-refractivity contribution is 0.0211. The van der Waals surface area contributed by atoms with Crippen LogP contribution in [-0.2, 0) is 10.3 Å². The summed E-state index contributed by atoms with van der Waals surface area (Å²) in [6, 6.07) is 10.4. The average Bonchev–Trinajstić information content (AvgIpc) is 3.06. The number of esters is 1. The van der Waals surface area contributed by atoms with E-state index in [-0.39, 0.29) is 51.0 Å². The molecule has 3 N–H and O–H groups in total. The third kappa shape index (κ3) is 2.27. The molecule has 5 rings (SSSR count). The highest BCUT2D eigenvalue weighted by Gasteiger charge is 2.57. The maximum absolute atomic E-state index is 12.9. The van der Waals surface area contributed by atoms with Gasteiger partial charge in [-0.2, -0.15) is 0 Å². The van der Waals surface area contributed by atoms with Crippen LogP contribution < -0.4 is 14.2 Å². The molecule has 0 fully saturated rings. The molecule has 1 atom stereocenters. The number of hydrogen-bond donors (Lipinski definition) is 3. The number of rotatable bonds is 3. The number of fused-ring (bicyclic) bond motifs is 6. The minimum absolute atomic E-state index is 0.00950. The van der Waals surface area contributed by atoms with E-state index < -0.39 is 23.3 Å². The van der Waals surface area contributed by atoms with Gasteiger partial charge in [0.1, 0.15) is 0 Å². The van der Waals surface area contributed by atoms with Crippen LogP contribution in [0.3, 0.4) is 0 Å². The largest absolute Gasteiger partial charge is 0.504 e. The SMILES string of the molecule is COc1c(O)ccc2c1Oc1c(OC)c(O)cc(C(=O)O)c1C21OC(=O)c2ccccc21. The van der Waals surface area contributed by atoms with Gasteiger partial charge in [0.25, 0.3) is 0 Å². The molecule has 0 saturated heterocycles. The van der Waals surface area contributed by atoms with Crippen molar-refractivity contribution < 1.29 is 43.9 Å². The van der Waals surface area contributed by atoms with Crippen molar-refractivity contribution in [3.8, 4) is 34.5 Å². The summed E-state index contributed by atoms with van der Waals surface area (Å²) in [5.74, 6) is -3.20. The minimum Gasteiger partial charge on any atom is -0.504 e. The molecule has 0 aromatic heterocycles. The molecule has 1 unspecified atom stereocenters. The zero-order valence-electron chi connectivity index (χ0n) is 16.8. The number of hydrogen-bond acceptors (Lipinski definition) is 8. The lowest BCUT2D eigenvalue weighted by Crippen LogP contribution is -2.35. The molecule has 3 aromatic rings. The smallest absolute Gasteiger partial charge is 0.340 e. The molecule has 3 aromatic carbocycles. The van der Waals surface area contributed by atoms with Crippen molar-refractivity contribution in [1.82, 2.24) is 0 Å². The van der Waals surface area contributed by atoms with E-state index in [0.717, 1.165) is 6.07 Å². The Bertz CT molecular complexity index is 1330. The molecular weight excluding hydrogens is 420 g/mol. The van der Waals surface area contributed by atoms with Crippen LogP contribution in [0.25, 0.3) is 0 Å². The highest BCUT2D eigenvalue weighted by Crippen LogP contribution is 2.63. The Labute approximate surface area is 181 Å². The second kappa shape index (κ2) is 6.55. The third-order valence-corrected chi connectivity index (χ3v) is 5.65. The zero-order valence-corrected chi connectivity index (χ0v) is 16.8. The van der Waals surface area contributed by atoms with Crippen molar-refractivity contribution in [3.05, 3.63) is 70.3 Å². The molecule has 0 radical (unpaired) electrons. The molecule has 0 bridgehead atoms. The van der Waals surface area contributed by atoms with Crippen LogP contribution in [0.15, 0.2) is 42.5 Å². The monoisotopic (exact) mass is 436 g/mol. The van der Waals surface area contributed by atoms with Crippen molar-refractivity contribution in [2.24, 2.45) is 0 Å². The Hall–Kier alpha value is -4.40. The number of phenols is 2. The molecule has 0 saturated carbocycles. The Kier molecular flexibility index (Phi) is 4.00. The quantitative estimate of drug-likeness (QED) is 0.529. The molecule has 2 aliphatic heterocycles. The van der Waals surface area contributed by atoms with Crippen LogP contribution in [0.4, 0.5) is 0 Å². The van der Waals surface area contributed by atoms with Crippen molar-refractivity contribution in [2.75, 3.05) is 14.2 Å². The number of carbonyl (C=O) groups is 2. The molecule has 0 aliphatic carbocycles. The van der Waals surface area contributed by atoms with Crippen LogP contribution in [-0.4, -0.2) is 41.5 Å². The second-order valence-corrected chi connectivity index (χ2v) is 7.20.